The van der Waals surface area contributed by atoms with Crippen LogP contribution in [0.1, 0.15) is 16.1 Å². The second kappa shape index (κ2) is 6.67. The first-order chi connectivity index (χ1) is 10.4. The molecule has 2 rings (SSSR count). The van der Waals surface area contributed by atoms with E-state index in [0.29, 0.717) is 17.5 Å². The highest BCUT2D eigenvalue weighted by Gasteiger charge is 2.16. The molecule has 0 fully saturated rings. The molecule has 9 nitrogen and oxygen atoms in total. The van der Waals surface area contributed by atoms with E-state index in [1.165, 1.54) is 0 Å². The van der Waals surface area contributed by atoms with Crippen LogP contribution in [0.4, 0.5) is 0 Å². The van der Waals surface area contributed by atoms with Crippen LogP contribution in [0.25, 0.3) is 10.9 Å². The van der Waals surface area contributed by atoms with Crippen LogP contribution in [-0.4, -0.2) is 40.8 Å². The second-order valence-corrected chi connectivity index (χ2v) is 6.32. The van der Waals surface area contributed by atoms with Gasteiger partial charge in [-0.1, -0.05) is 6.07 Å². The molecule has 1 aromatic carbocycles. The van der Waals surface area contributed by atoms with Crippen LogP contribution < -0.4 is 11.1 Å². The summed E-state index contributed by atoms with van der Waals surface area (Å²) in [6, 6.07) is 5.04. The number of nitrogens with two attached hydrogens (primary N) is 1. The van der Waals surface area contributed by atoms with Gasteiger partial charge < -0.3 is 15.4 Å². The van der Waals surface area contributed by atoms with Crippen molar-refractivity contribution in [1.82, 2.24) is 9.88 Å². The van der Waals surface area contributed by atoms with E-state index in [1.807, 2.05) is 6.92 Å². The number of amides is 1. The monoisotopic (exact) mass is 342 g/mol. The van der Waals surface area contributed by atoms with Crippen molar-refractivity contribution in [2.24, 2.45) is 12.8 Å². The minimum atomic E-state index is -3.67. The molecule has 0 aliphatic rings. The van der Waals surface area contributed by atoms with Crippen molar-refractivity contribution in [3.8, 4) is 5.75 Å². The molecule has 0 aliphatic carbocycles. The lowest BCUT2D eigenvalue weighted by atomic mass is 10.1. The lowest BCUT2D eigenvalue weighted by Gasteiger charge is -2.05. The number of rotatable bonds is 1. The van der Waals surface area contributed by atoms with Gasteiger partial charge in [-0.3, -0.25) is 20.1 Å². The van der Waals surface area contributed by atoms with Gasteiger partial charge in [-0.25, -0.2) is 0 Å². The van der Waals surface area contributed by atoms with E-state index in [1.54, 1.807) is 29.8 Å². The van der Waals surface area contributed by atoms with Gasteiger partial charge in [-0.15, -0.1) is 0 Å². The zero-order chi connectivity index (χ0) is 17.9. The van der Waals surface area contributed by atoms with Crippen molar-refractivity contribution in [2.45, 2.75) is 6.92 Å². The summed E-state index contributed by atoms with van der Waals surface area (Å²) < 4.78 is 27.4. The number of hydrogen-bond acceptors (Lipinski definition) is 5. The molecule has 0 saturated heterocycles. The van der Waals surface area contributed by atoms with E-state index in [-0.39, 0.29) is 5.75 Å². The van der Waals surface area contributed by atoms with Gasteiger partial charge >= 0.3 is 0 Å². The summed E-state index contributed by atoms with van der Waals surface area (Å²) in [7, 11) is -1.99. The lowest BCUT2D eigenvalue weighted by molar-refractivity contribution is 0.0969. The number of hydrogen-bond donors (Lipinski definition) is 5. The third-order valence-corrected chi connectivity index (χ3v) is 2.87. The molecule has 1 aromatic heterocycles. The van der Waals surface area contributed by atoms with Gasteiger partial charge in [0.05, 0.1) is 11.8 Å². The van der Waals surface area contributed by atoms with Gasteiger partial charge in [-0.2, -0.15) is 8.42 Å². The number of carbonyl (C=O) groups excluding carboxylic acids is 1. The third kappa shape index (κ3) is 4.97. The molecule has 0 aliphatic heterocycles. The molecular weight excluding hydrogens is 324 g/mol. The molecular formula is C13H18N4O5S. The number of phenols is 1. The average molecular weight is 342 g/mol. The number of phenolic OH excluding ortho intramolecular Hbond substituents is 1. The Bertz CT molecular complexity index is 862. The molecule has 0 bridgehead atoms. The van der Waals surface area contributed by atoms with Crippen LogP contribution in [0.2, 0.25) is 0 Å². The molecule has 1 heterocycles. The molecule has 2 aromatic rings. The predicted molar refractivity (Wildman–Crippen MR) is 86.2 cm³/mol. The minimum absolute atomic E-state index is 0.111. The van der Waals surface area contributed by atoms with Gasteiger partial charge in [0.2, 0.25) is 0 Å². The Labute approximate surface area is 133 Å². The van der Waals surface area contributed by atoms with Gasteiger partial charge in [0.25, 0.3) is 16.0 Å². The fourth-order valence-electron chi connectivity index (χ4n) is 1.99. The normalized spacial score (nSPS) is 10.8. The Morgan fingerprint density at radius 3 is 2.35 bits per heavy atom. The first-order valence-corrected chi connectivity index (χ1v) is 8.12. The molecule has 0 radical (unpaired) electrons. The largest absolute Gasteiger partial charge is 0.506 e. The first kappa shape index (κ1) is 18.5. The molecule has 10 heteroatoms. The summed E-state index contributed by atoms with van der Waals surface area (Å²) in [6.07, 6.45) is 0.715. The quantitative estimate of drug-likeness (QED) is 0.285. The number of aromatic hydroxyl groups is 1. The summed E-state index contributed by atoms with van der Waals surface area (Å²) in [4.78, 5) is 11.8. The van der Waals surface area contributed by atoms with E-state index in [0.717, 1.165) is 10.9 Å². The van der Waals surface area contributed by atoms with Gasteiger partial charge in [0.15, 0.2) is 5.96 Å². The van der Waals surface area contributed by atoms with Crippen LogP contribution >= 0.6 is 0 Å². The number of benzene rings is 1. The number of aromatic nitrogens is 1. The van der Waals surface area contributed by atoms with E-state index in [4.69, 9.17) is 15.7 Å². The van der Waals surface area contributed by atoms with Crippen LogP contribution in [0.5, 0.6) is 5.75 Å². The SMILES string of the molecule is CS(=O)(=O)O.Cc1ccc(O)c2c1cc(C(=O)NC(=N)N)n2C. The van der Waals surface area contributed by atoms with E-state index >= 15 is 0 Å². The molecule has 6 N–H and O–H groups in total. The number of guanidine groups is 1. The molecule has 23 heavy (non-hydrogen) atoms. The van der Waals surface area contributed by atoms with E-state index < -0.39 is 22.0 Å². The lowest BCUT2D eigenvalue weighted by Crippen LogP contribution is -2.36. The van der Waals surface area contributed by atoms with Crippen molar-refractivity contribution in [3.05, 3.63) is 29.5 Å². The fraction of sp³-hybridized carbons (Fsp3) is 0.231. The molecule has 0 spiro atoms. The summed E-state index contributed by atoms with van der Waals surface area (Å²) in [5.41, 5.74) is 7.01. The molecule has 0 saturated carbocycles. The van der Waals surface area contributed by atoms with Crippen molar-refractivity contribution >= 4 is 32.9 Å². The molecule has 0 unspecified atom stereocenters. The van der Waals surface area contributed by atoms with Crippen LogP contribution in [-0.2, 0) is 17.2 Å². The van der Waals surface area contributed by atoms with Crippen molar-refractivity contribution in [1.29, 1.82) is 5.41 Å². The van der Waals surface area contributed by atoms with E-state index in [2.05, 4.69) is 5.32 Å². The zero-order valence-corrected chi connectivity index (χ0v) is 13.6. The van der Waals surface area contributed by atoms with Crippen molar-refractivity contribution in [2.75, 3.05) is 6.26 Å². The summed E-state index contributed by atoms with van der Waals surface area (Å²) >= 11 is 0. The number of fused-ring (bicyclic) bond motifs is 1. The number of nitrogens with one attached hydrogen (secondary N) is 2. The fourth-order valence-corrected chi connectivity index (χ4v) is 1.99. The molecule has 126 valence electrons. The molecule has 0 atom stereocenters. The van der Waals surface area contributed by atoms with Crippen molar-refractivity contribution < 1.29 is 22.9 Å². The van der Waals surface area contributed by atoms with E-state index in [9.17, 15) is 18.3 Å². The Morgan fingerprint density at radius 1 is 1.39 bits per heavy atom. The first-order valence-electron chi connectivity index (χ1n) is 6.27. The third-order valence-electron chi connectivity index (χ3n) is 2.87. The smallest absolute Gasteiger partial charge is 0.274 e. The maximum atomic E-state index is 11.8. The Kier molecular flexibility index (Phi) is 5.35. The van der Waals surface area contributed by atoms with Crippen LogP contribution in [0.3, 0.4) is 0 Å². The topological polar surface area (TPSA) is 159 Å². The Hall–Kier alpha value is -2.59. The number of carbonyl (C=O) groups is 1. The second-order valence-electron chi connectivity index (χ2n) is 4.85. The highest BCUT2D eigenvalue weighted by atomic mass is 32.2. The van der Waals surface area contributed by atoms with Gasteiger partial charge in [0.1, 0.15) is 11.4 Å². The predicted octanol–water partition coefficient (Wildman–Crippen LogP) is 0.320. The Morgan fingerprint density at radius 2 is 1.91 bits per heavy atom. The Balaban J connectivity index is 0.000000463. The minimum Gasteiger partial charge on any atom is -0.506 e. The summed E-state index contributed by atoms with van der Waals surface area (Å²) in [5.74, 6) is -0.772. The highest BCUT2D eigenvalue weighted by molar-refractivity contribution is 7.85. The number of aryl methyl sites for hydroxylation is 2. The number of nitrogens with zero attached hydrogens (tertiary/aromatic N) is 1. The van der Waals surface area contributed by atoms with Crippen LogP contribution in [0.15, 0.2) is 18.2 Å². The molecule has 1 amide bonds. The van der Waals surface area contributed by atoms with Crippen molar-refractivity contribution in [3.63, 3.8) is 0 Å². The zero-order valence-electron chi connectivity index (χ0n) is 12.8. The summed E-state index contributed by atoms with van der Waals surface area (Å²) in [6.45, 7) is 1.90. The highest BCUT2D eigenvalue weighted by Crippen LogP contribution is 2.29. The van der Waals surface area contributed by atoms with Gasteiger partial charge in [-0.05, 0) is 24.6 Å². The van der Waals surface area contributed by atoms with Crippen LogP contribution in [0, 0.1) is 12.3 Å². The summed E-state index contributed by atoms with van der Waals surface area (Å²) in [5, 5.41) is 19.9. The van der Waals surface area contributed by atoms with Gasteiger partial charge in [0, 0.05) is 12.4 Å². The maximum absolute atomic E-state index is 11.8. The average Bonchev–Trinajstić information content (AvgIpc) is 2.70. The standard InChI is InChI=1S/C12H14N4O2.CH4O3S/c1-6-3-4-9(17)10-7(6)5-8(16(10)2)11(18)15-12(13)14;1-5(2,3)4/h3-5,17H,1-2H3,(H4,13,14,15,18);1H3,(H,2,3,4). The maximum Gasteiger partial charge on any atom is 0.274 e.